The Kier molecular flexibility index (Phi) is 3.87. The first-order chi connectivity index (χ1) is 12.3. The number of hydrogen-bond donors (Lipinski definition) is 1. The third-order valence-corrected chi connectivity index (χ3v) is 5.63. The fraction of sp³-hybridized carbons (Fsp3) is 0.273. The number of para-hydroxylation sites is 1. The zero-order valence-electron chi connectivity index (χ0n) is 15.6. The summed E-state index contributed by atoms with van der Waals surface area (Å²) in [4.78, 5) is 0. The van der Waals surface area contributed by atoms with Gasteiger partial charge in [0.2, 0.25) is 0 Å². The van der Waals surface area contributed by atoms with Gasteiger partial charge < -0.3 is 14.4 Å². The molecule has 0 amide bonds. The van der Waals surface area contributed by atoms with Crippen molar-refractivity contribution in [1.82, 2.24) is 0 Å². The van der Waals surface area contributed by atoms with Crippen LogP contribution in [-0.2, 0) is 9.31 Å². The number of phenols is 1. The van der Waals surface area contributed by atoms with E-state index in [2.05, 4.69) is 52.0 Å². The molecule has 0 radical (unpaired) electrons. The van der Waals surface area contributed by atoms with Crippen molar-refractivity contribution in [2.24, 2.45) is 0 Å². The van der Waals surface area contributed by atoms with Gasteiger partial charge in [-0.2, -0.15) is 0 Å². The first-order valence-electron chi connectivity index (χ1n) is 8.95. The molecule has 26 heavy (non-hydrogen) atoms. The molecule has 1 saturated heterocycles. The molecule has 3 aromatic rings. The van der Waals surface area contributed by atoms with E-state index in [1.807, 2.05) is 30.3 Å². The highest BCUT2D eigenvalue weighted by atomic mass is 16.7. The number of rotatable bonds is 2. The molecule has 0 bridgehead atoms. The Hall–Kier alpha value is -2.30. The number of benzene rings is 3. The van der Waals surface area contributed by atoms with Crippen LogP contribution in [0.2, 0.25) is 0 Å². The lowest BCUT2D eigenvalue weighted by Crippen LogP contribution is -2.41. The van der Waals surface area contributed by atoms with Crippen LogP contribution in [0.1, 0.15) is 27.7 Å². The molecule has 4 rings (SSSR count). The quantitative estimate of drug-likeness (QED) is 0.694. The van der Waals surface area contributed by atoms with Crippen LogP contribution in [0.25, 0.3) is 21.9 Å². The molecule has 3 aromatic carbocycles. The SMILES string of the molecule is CC1(C)OB(c2ccc3cccc(-c4ccccc4O)c3c2)OC1(C)C. The summed E-state index contributed by atoms with van der Waals surface area (Å²) in [6, 6.07) is 19.8. The lowest BCUT2D eigenvalue weighted by Gasteiger charge is -2.32. The lowest BCUT2D eigenvalue weighted by atomic mass is 9.77. The summed E-state index contributed by atoms with van der Waals surface area (Å²) < 4.78 is 12.4. The van der Waals surface area contributed by atoms with Gasteiger partial charge in [0.15, 0.2) is 0 Å². The normalized spacial score (nSPS) is 18.4. The summed E-state index contributed by atoms with van der Waals surface area (Å²) >= 11 is 0. The summed E-state index contributed by atoms with van der Waals surface area (Å²) in [5.41, 5.74) is 2.07. The fourth-order valence-corrected chi connectivity index (χ4v) is 3.35. The van der Waals surface area contributed by atoms with Crippen molar-refractivity contribution in [3.05, 3.63) is 60.7 Å². The molecule has 0 unspecified atom stereocenters. The second-order valence-electron chi connectivity index (χ2n) is 7.89. The average Bonchev–Trinajstić information content (AvgIpc) is 2.82. The standard InChI is InChI=1S/C22H23BO3/c1-21(2)22(3,4)26-23(25-21)16-13-12-15-8-7-10-17(19(15)14-16)18-9-5-6-11-20(18)24/h5-14,24H,1-4H3. The van der Waals surface area contributed by atoms with Crippen molar-refractivity contribution in [3.63, 3.8) is 0 Å². The molecular formula is C22H23BO3. The van der Waals surface area contributed by atoms with Crippen LogP contribution in [0.4, 0.5) is 0 Å². The number of fused-ring (bicyclic) bond motifs is 1. The van der Waals surface area contributed by atoms with Crippen LogP contribution in [0.5, 0.6) is 5.75 Å². The van der Waals surface area contributed by atoms with E-state index < -0.39 is 7.12 Å². The molecular weight excluding hydrogens is 323 g/mol. The van der Waals surface area contributed by atoms with Crippen LogP contribution in [0.3, 0.4) is 0 Å². The molecule has 0 aromatic heterocycles. The van der Waals surface area contributed by atoms with Crippen LogP contribution in [-0.4, -0.2) is 23.4 Å². The van der Waals surface area contributed by atoms with E-state index >= 15 is 0 Å². The molecule has 0 aliphatic carbocycles. The molecule has 1 N–H and O–H groups in total. The Morgan fingerprint density at radius 3 is 2.12 bits per heavy atom. The summed E-state index contributed by atoms with van der Waals surface area (Å²) in [6.45, 7) is 8.23. The second-order valence-corrected chi connectivity index (χ2v) is 7.89. The van der Waals surface area contributed by atoms with Crippen LogP contribution >= 0.6 is 0 Å². The van der Waals surface area contributed by atoms with E-state index in [9.17, 15) is 5.11 Å². The number of phenolic OH excluding ortho intramolecular Hbond substituents is 1. The largest absolute Gasteiger partial charge is 0.507 e. The van der Waals surface area contributed by atoms with Gasteiger partial charge in [-0.15, -0.1) is 0 Å². The van der Waals surface area contributed by atoms with E-state index in [4.69, 9.17) is 9.31 Å². The summed E-state index contributed by atoms with van der Waals surface area (Å²) in [6.07, 6.45) is 0. The third-order valence-electron chi connectivity index (χ3n) is 5.63. The number of aromatic hydroxyl groups is 1. The highest BCUT2D eigenvalue weighted by molar-refractivity contribution is 6.62. The van der Waals surface area contributed by atoms with Crippen molar-refractivity contribution < 1.29 is 14.4 Å². The molecule has 1 aliphatic heterocycles. The van der Waals surface area contributed by atoms with Gasteiger partial charge in [0.25, 0.3) is 0 Å². The summed E-state index contributed by atoms with van der Waals surface area (Å²) in [7, 11) is -0.401. The third kappa shape index (κ3) is 2.70. The topological polar surface area (TPSA) is 38.7 Å². The molecule has 132 valence electrons. The Morgan fingerprint density at radius 2 is 1.42 bits per heavy atom. The molecule has 1 fully saturated rings. The van der Waals surface area contributed by atoms with Gasteiger partial charge in [0.05, 0.1) is 11.2 Å². The van der Waals surface area contributed by atoms with Crippen LogP contribution in [0.15, 0.2) is 60.7 Å². The van der Waals surface area contributed by atoms with E-state index in [0.717, 1.165) is 27.4 Å². The van der Waals surface area contributed by atoms with Crippen molar-refractivity contribution in [2.45, 2.75) is 38.9 Å². The maximum Gasteiger partial charge on any atom is 0.494 e. The Balaban J connectivity index is 1.83. The maximum absolute atomic E-state index is 10.3. The molecule has 0 atom stereocenters. The van der Waals surface area contributed by atoms with Gasteiger partial charge in [-0.05, 0) is 55.6 Å². The van der Waals surface area contributed by atoms with Crippen LogP contribution < -0.4 is 5.46 Å². The smallest absolute Gasteiger partial charge is 0.494 e. The summed E-state index contributed by atoms with van der Waals surface area (Å²) in [5.74, 6) is 0.279. The zero-order chi connectivity index (χ0) is 18.5. The molecule has 1 aliphatic rings. The highest BCUT2D eigenvalue weighted by Gasteiger charge is 2.51. The van der Waals surface area contributed by atoms with Crippen molar-refractivity contribution in [3.8, 4) is 16.9 Å². The van der Waals surface area contributed by atoms with Gasteiger partial charge in [0, 0.05) is 5.56 Å². The predicted octanol–water partition coefficient (Wildman–Crippen LogP) is 4.51. The van der Waals surface area contributed by atoms with Gasteiger partial charge in [0.1, 0.15) is 5.75 Å². The number of hydrogen-bond acceptors (Lipinski definition) is 3. The zero-order valence-corrected chi connectivity index (χ0v) is 15.6. The Labute approximate surface area is 154 Å². The van der Waals surface area contributed by atoms with Gasteiger partial charge in [-0.25, -0.2) is 0 Å². The minimum atomic E-state index is -0.401. The molecule has 3 nitrogen and oxygen atoms in total. The fourth-order valence-electron chi connectivity index (χ4n) is 3.35. The Bertz CT molecular complexity index is 962. The average molecular weight is 346 g/mol. The van der Waals surface area contributed by atoms with Crippen molar-refractivity contribution in [1.29, 1.82) is 0 Å². The van der Waals surface area contributed by atoms with Crippen molar-refractivity contribution >= 4 is 23.4 Å². The molecule has 0 spiro atoms. The van der Waals surface area contributed by atoms with Gasteiger partial charge in [-0.1, -0.05) is 54.6 Å². The second kappa shape index (κ2) is 5.87. The lowest BCUT2D eigenvalue weighted by molar-refractivity contribution is 0.00578. The van der Waals surface area contributed by atoms with Crippen molar-refractivity contribution in [2.75, 3.05) is 0 Å². The highest BCUT2D eigenvalue weighted by Crippen LogP contribution is 2.37. The van der Waals surface area contributed by atoms with E-state index in [0.29, 0.717) is 0 Å². The van der Waals surface area contributed by atoms with Gasteiger partial charge in [-0.3, -0.25) is 0 Å². The minimum absolute atomic E-state index is 0.279. The molecule has 4 heteroatoms. The van der Waals surface area contributed by atoms with E-state index in [1.165, 1.54) is 0 Å². The Morgan fingerprint density at radius 1 is 0.769 bits per heavy atom. The van der Waals surface area contributed by atoms with E-state index in [1.54, 1.807) is 6.07 Å². The maximum atomic E-state index is 10.3. The molecule has 0 saturated carbocycles. The minimum Gasteiger partial charge on any atom is -0.507 e. The first kappa shape index (κ1) is 17.1. The predicted molar refractivity (Wildman–Crippen MR) is 107 cm³/mol. The van der Waals surface area contributed by atoms with Gasteiger partial charge >= 0.3 is 7.12 Å². The first-order valence-corrected chi connectivity index (χ1v) is 8.95. The van der Waals surface area contributed by atoms with Crippen LogP contribution in [0, 0.1) is 0 Å². The monoisotopic (exact) mass is 346 g/mol. The van der Waals surface area contributed by atoms with E-state index in [-0.39, 0.29) is 17.0 Å². The molecule has 1 heterocycles. The summed E-state index contributed by atoms with van der Waals surface area (Å²) in [5, 5.41) is 12.5.